The van der Waals surface area contributed by atoms with Gasteiger partial charge in [0.1, 0.15) is 11.4 Å². The van der Waals surface area contributed by atoms with Crippen molar-refractivity contribution in [2.24, 2.45) is 0 Å². The lowest BCUT2D eigenvalue weighted by atomic mass is 9.80. The van der Waals surface area contributed by atoms with Gasteiger partial charge in [0.15, 0.2) is 0 Å². The number of likely N-dealkylation sites (N-methyl/N-ethyl adjacent to an activating group) is 1. The number of hydrogen-bond acceptors (Lipinski definition) is 3. The van der Waals surface area contributed by atoms with Gasteiger partial charge in [-0.2, -0.15) is 0 Å². The van der Waals surface area contributed by atoms with E-state index in [1.165, 1.54) is 36.2 Å². The molecular formula is C17H22FNO4. The largest absolute Gasteiger partial charge is 0.479 e. The molecule has 2 rings (SSSR count). The first-order chi connectivity index (χ1) is 10.9. The maximum absolute atomic E-state index is 13.2. The van der Waals surface area contributed by atoms with Gasteiger partial charge in [0.05, 0.1) is 12.5 Å². The smallest absolute Gasteiger partial charge is 0.329 e. The van der Waals surface area contributed by atoms with Gasteiger partial charge in [-0.25, -0.2) is 9.18 Å². The Hall–Kier alpha value is -1.95. The van der Waals surface area contributed by atoms with E-state index in [2.05, 4.69) is 0 Å². The molecule has 0 heterocycles. The molecule has 1 aliphatic carbocycles. The fourth-order valence-corrected chi connectivity index (χ4v) is 3.20. The van der Waals surface area contributed by atoms with Crippen molar-refractivity contribution in [1.29, 1.82) is 0 Å². The van der Waals surface area contributed by atoms with Crippen LogP contribution in [0, 0.1) is 5.82 Å². The van der Waals surface area contributed by atoms with Crippen LogP contribution < -0.4 is 0 Å². The quantitative estimate of drug-likeness (QED) is 0.873. The zero-order chi connectivity index (χ0) is 17.0. The molecular weight excluding hydrogens is 301 g/mol. The third-order valence-corrected chi connectivity index (χ3v) is 4.70. The van der Waals surface area contributed by atoms with Crippen molar-refractivity contribution >= 4 is 11.9 Å². The molecule has 1 aromatic carbocycles. The summed E-state index contributed by atoms with van der Waals surface area (Å²) in [6.07, 6.45) is 1.89. The van der Waals surface area contributed by atoms with Gasteiger partial charge in [-0.3, -0.25) is 4.79 Å². The van der Waals surface area contributed by atoms with Crippen LogP contribution in [-0.2, 0) is 9.59 Å². The van der Waals surface area contributed by atoms with Crippen LogP contribution in [0.3, 0.4) is 0 Å². The van der Waals surface area contributed by atoms with Crippen molar-refractivity contribution in [2.75, 3.05) is 7.05 Å². The molecule has 6 heteroatoms. The van der Waals surface area contributed by atoms with Crippen molar-refractivity contribution in [3.8, 4) is 0 Å². The highest BCUT2D eigenvalue weighted by atomic mass is 19.1. The molecule has 5 nitrogen and oxygen atoms in total. The normalized spacial score (nSPS) is 18.2. The Labute approximate surface area is 134 Å². The molecule has 1 aliphatic rings. The van der Waals surface area contributed by atoms with Gasteiger partial charge in [0.2, 0.25) is 5.91 Å². The van der Waals surface area contributed by atoms with E-state index >= 15 is 0 Å². The Morgan fingerprint density at radius 2 is 1.96 bits per heavy atom. The van der Waals surface area contributed by atoms with Gasteiger partial charge in [-0.15, -0.1) is 0 Å². The van der Waals surface area contributed by atoms with Crippen LogP contribution in [0.15, 0.2) is 24.3 Å². The van der Waals surface area contributed by atoms with E-state index in [0.717, 1.165) is 19.3 Å². The molecule has 1 aromatic rings. The molecule has 1 amide bonds. The molecule has 1 unspecified atom stereocenters. The number of carboxylic acids is 1. The van der Waals surface area contributed by atoms with E-state index in [1.807, 2.05) is 0 Å². The number of nitrogens with zero attached hydrogens (tertiary/aromatic N) is 1. The van der Waals surface area contributed by atoms with E-state index in [1.54, 1.807) is 0 Å². The Morgan fingerprint density at radius 1 is 1.30 bits per heavy atom. The molecule has 1 atom stereocenters. The lowest BCUT2D eigenvalue weighted by Gasteiger charge is -2.41. The maximum atomic E-state index is 13.2. The summed E-state index contributed by atoms with van der Waals surface area (Å²) in [5, 5.41) is 19.7. The molecule has 0 radical (unpaired) electrons. The fourth-order valence-electron chi connectivity index (χ4n) is 3.20. The molecule has 1 fully saturated rings. The molecule has 1 saturated carbocycles. The van der Waals surface area contributed by atoms with E-state index in [9.17, 15) is 24.2 Å². The molecule has 0 aliphatic heterocycles. The van der Waals surface area contributed by atoms with Crippen LogP contribution in [0.1, 0.15) is 50.2 Å². The SMILES string of the molecule is CN(C(=O)CC(O)c1cccc(F)c1)C1(C(=O)O)CCCCC1. The summed E-state index contributed by atoms with van der Waals surface area (Å²) in [7, 11) is 1.47. The predicted octanol–water partition coefficient (Wildman–Crippen LogP) is 2.50. The third kappa shape index (κ3) is 3.69. The van der Waals surface area contributed by atoms with Crippen molar-refractivity contribution in [3.05, 3.63) is 35.6 Å². The maximum Gasteiger partial charge on any atom is 0.329 e. The number of halogens is 1. The summed E-state index contributed by atoms with van der Waals surface area (Å²) in [5.74, 6) is -1.95. The molecule has 2 N–H and O–H groups in total. The third-order valence-electron chi connectivity index (χ3n) is 4.70. The van der Waals surface area contributed by atoms with Crippen molar-refractivity contribution in [3.63, 3.8) is 0 Å². The molecule has 23 heavy (non-hydrogen) atoms. The average molecular weight is 323 g/mol. The lowest BCUT2D eigenvalue weighted by molar-refractivity contribution is -0.161. The van der Waals surface area contributed by atoms with Gasteiger partial charge >= 0.3 is 5.97 Å². The Morgan fingerprint density at radius 3 is 2.52 bits per heavy atom. The monoisotopic (exact) mass is 323 g/mol. The second-order valence-electron chi connectivity index (χ2n) is 6.13. The van der Waals surface area contributed by atoms with E-state index < -0.39 is 29.3 Å². The van der Waals surface area contributed by atoms with Crippen LogP contribution in [0.2, 0.25) is 0 Å². The van der Waals surface area contributed by atoms with E-state index in [4.69, 9.17) is 0 Å². The standard InChI is InChI=1S/C17H22FNO4/c1-19(17(16(22)23)8-3-2-4-9-17)15(21)11-14(20)12-6-5-7-13(18)10-12/h5-7,10,14,20H,2-4,8-9,11H2,1H3,(H,22,23). The summed E-state index contributed by atoms with van der Waals surface area (Å²) < 4.78 is 13.2. The molecule has 126 valence electrons. The van der Waals surface area contributed by atoms with E-state index in [-0.39, 0.29) is 6.42 Å². The van der Waals surface area contributed by atoms with Gasteiger partial charge in [0, 0.05) is 7.05 Å². The first-order valence-corrected chi connectivity index (χ1v) is 7.80. The number of aliphatic hydroxyl groups is 1. The van der Waals surface area contributed by atoms with Gasteiger partial charge in [-0.05, 0) is 30.5 Å². The highest BCUT2D eigenvalue weighted by molar-refractivity contribution is 5.87. The average Bonchev–Trinajstić information content (AvgIpc) is 2.54. The number of hydrogen-bond donors (Lipinski definition) is 2. The minimum Gasteiger partial charge on any atom is -0.479 e. The van der Waals surface area contributed by atoms with Crippen molar-refractivity contribution in [1.82, 2.24) is 4.90 Å². The predicted molar refractivity (Wildman–Crippen MR) is 82.2 cm³/mol. The Bertz CT molecular complexity index is 584. The molecule has 0 aromatic heterocycles. The van der Waals surface area contributed by atoms with Crippen LogP contribution in [-0.4, -0.2) is 39.6 Å². The minimum absolute atomic E-state index is 0.269. The first kappa shape index (κ1) is 17.4. The number of aliphatic hydroxyl groups excluding tert-OH is 1. The lowest BCUT2D eigenvalue weighted by Crippen LogP contribution is -2.56. The molecule has 0 spiro atoms. The zero-order valence-corrected chi connectivity index (χ0v) is 13.2. The number of carbonyl (C=O) groups excluding carboxylic acids is 1. The van der Waals surface area contributed by atoms with Gasteiger partial charge in [-0.1, -0.05) is 31.4 Å². The van der Waals surface area contributed by atoms with Crippen molar-refractivity contribution < 1.29 is 24.2 Å². The second-order valence-corrected chi connectivity index (χ2v) is 6.13. The van der Waals surface area contributed by atoms with Gasteiger partial charge in [0.25, 0.3) is 0 Å². The van der Waals surface area contributed by atoms with Crippen molar-refractivity contribution in [2.45, 2.75) is 50.2 Å². The van der Waals surface area contributed by atoms with Crippen LogP contribution in [0.25, 0.3) is 0 Å². The number of benzene rings is 1. The Balaban J connectivity index is 2.10. The van der Waals surface area contributed by atoms with E-state index in [0.29, 0.717) is 18.4 Å². The summed E-state index contributed by atoms with van der Waals surface area (Å²) in [4.78, 5) is 25.4. The second kappa shape index (κ2) is 7.08. The van der Waals surface area contributed by atoms with Gasteiger partial charge < -0.3 is 15.1 Å². The number of carboxylic acid groups (broad SMARTS) is 1. The van der Waals surface area contributed by atoms with Crippen LogP contribution in [0.4, 0.5) is 4.39 Å². The first-order valence-electron chi connectivity index (χ1n) is 7.80. The summed E-state index contributed by atoms with van der Waals surface area (Å²) in [6, 6.07) is 5.42. The summed E-state index contributed by atoms with van der Waals surface area (Å²) in [5.41, 5.74) is -0.892. The summed E-state index contributed by atoms with van der Waals surface area (Å²) in [6.45, 7) is 0. The molecule has 0 saturated heterocycles. The topological polar surface area (TPSA) is 77.8 Å². The molecule has 0 bridgehead atoms. The number of aliphatic carboxylic acids is 1. The number of carbonyl (C=O) groups is 2. The fraction of sp³-hybridized carbons (Fsp3) is 0.529. The summed E-state index contributed by atoms with van der Waals surface area (Å²) >= 11 is 0. The Kier molecular flexibility index (Phi) is 5.36. The van der Waals surface area contributed by atoms with Crippen LogP contribution >= 0.6 is 0 Å². The highest BCUT2D eigenvalue weighted by Gasteiger charge is 2.45. The minimum atomic E-state index is -1.20. The van der Waals surface area contributed by atoms with Crippen LogP contribution in [0.5, 0.6) is 0 Å². The highest BCUT2D eigenvalue weighted by Crippen LogP contribution is 2.34. The zero-order valence-electron chi connectivity index (χ0n) is 13.2. The number of amides is 1. The number of rotatable bonds is 5.